The quantitative estimate of drug-likeness (QED) is 0.439. The average molecular weight is 448 g/mol. The zero-order chi connectivity index (χ0) is 23.3. The molecule has 2 aromatic rings. The third-order valence-corrected chi connectivity index (χ3v) is 7.17. The summed E-state index contributed by atoms with van der Waals surface area (Å²) in [5.74, 6) is -0.868. The van der Waals surface area contributed by atoms with Crippen molar-refractivity contribution >= 4 is 29.2 Å². The summed E-state index contributed by atoms with van der Waals surface area (Å²) >= 11 is 0. The van der Waals surface area contributed by atoms with Crippen LogP contribution in [-0.2, 0) is 22.6 Å². The lowest BCUT2D eigenvalue weighted by Gasteiger charge is -2.54. The maximum Gasteiger partial charge on any atom is 0.331 e. The van der Waals surface area contributed by atoms with Gasteiger partial charge in [-0.25, -0.2) is 4.79 Å². The van der Waals surface area contributed by atoms with E-state index in [0.29, 0.717) is 24.4 Å². The monoisotopic (exact) mass is 448 g/mol. The number of amides is 4. The Balaban J connectivity index is 1.62. The zero-order valence-electron chi connectivity index (χ0n) is 18.2. The van der Waals surface area contributed by atoms with Gasteiger partial charge in [-0.1, -0.05) is 37.3 Å². The normalized spacial score (nSPS) is 26.6. The van der Waals surface area contributed by atoms with Crippen LogP contribution in [0.1, 0.15) is 30.9 Å². The standard InChI is InChI=1S/C24H24N4O5/c1-15-9-10-26-19-8-7-18(28(32)33)12-17(19)13-24(20(26)11-15)21(29)25-23(31)27(22(24)30)14-16-5-3-2-4-6-16/h2-8,12,15,20H,9-11,13-14H2,1H3,(H,25,29,31)/t15-,20-,24+/m1/s1. The fourth-order valence-corrected chi connectivity index (χ4v) is 5.49. The van der Waals surface area contributed by atoms with E-state index < -0.39 is 34.2 Å². The molecule has 33 heavy (non-hydrogen) atoms. The average Bonchev–Trinajstić information content (AvgIpc) is 2.80. The molecule has 9 heteroatoms. The number of benzene rings is 2. The number of piperidine rings is 1. The number of rotatable bonds is 3. The van der Waals surface area contributed by atoms with Crippen LogP contribution >= 0.6 is 0 Å². The van der Waals surface area contributed by atoms with Gasteiger partial charge in [0.2, 0.25) is 11.8 Å². The van der Waals surface area contributed by atoms with E-state index in [1.54, 1.807) is 6.07 Å². The number of hydrogen-bond acceptors (Lipinski definition) is 6. The van der Waals surface area contributed by atoms with E-state index in [9.17, 15) is 24.5 Å². The second-order valence-electron chi connectivity index (χ2n) is 9.19. The van der Waals surface area contributed by atoms with Gasteiger partial charge in [-0.15, -0.1) is 0 Å². The number of urea groups is 1. The Labute approximate surface area is 190 Å². The van der Waals surface area contributed by atoms with E-state index in [2.05, 4.69) is 12.2 Å². The number of imide groups is 2. The molecule has 1 spiro atoms. The minimum Gasteiger partial charge on any atom is -0.367 e. The van der Waals surface area contributed by atoms with E-state index in [-0.39, 0.29) is 18.7 Å². The highest BCUT2D eigenvalue weighted by molar-refractivity contribution is 6.20. The van der Waals surface area contributed by atoms with Crippen LogP contribution in [-0.4, -0.2) is 40.3 Å². The smallest absolute Gasteiger partial charge is 0.331 e. The van der Waals surface area contributed by atoms with Gasteiger partial charge < -0.3 is 4.90 Å². The van der Waals surface area contributed by atoms with Crippen molar-refractivity contribution in [1.29, 1.82) is 0 Å². The summed E-state index contributed by atoms with van der Waals surface area (Å²) in [6.45, 7) is 2.77. The molecule has 3 heterocycles. The molecule has 3 aliphatic heterocycles. The highest BCUT2D eigenvalue weighted by Crippen LogP contribution is 2.49. The van der Waals surface area contributed by atoms with E-state index in [4.69, 9.17) is 0 Å². The number of nitro benzene ring substituents is 1. The van der Waals surface area contributed by atoms with Gasteiger partial charge in [0.1, 0.15) is 0 Å². The van der Waals surface area contributed by atoms with Gasteiger partial charge in [-0.3, -0.25) is 29.9 Å². The SMILES string of the molecule is C[C@@H]1CCN2c3ccc([N+](=O)[O-])cc3C[C@@]3(C(=O)NC(=O)N(Cc4ccccc4)C3=O)[C@H]2C1. The van der Waals surface area contributed by atoms with Crippen molar-refractivity contribution in [3.8, 4) is 0 Å². The number of nitrogens with zero attached hydrogens (tertiary/aromatic N) is 3. The third kappa shape index (κ3) is 3.26. The molecule has 2 fully saturated rings. The summed E-state index contributed by atoms with van der Waals surface area (Å²) in [4.78, 5) is 54.2. The summed E-state index contributed by atoms with van der Waals surface area (Å²) < 4.78 is 0. The molecule has 0 aliphatic carbocycles. The first-order valence-corrected chi connectivity index (χ1v) is 11.1. The second-order valence-corrected chi connectivity index (χ2v) is 9.19. The summed E-state index contributed by atoms with van der Waals surface area (Å²) in [5.41, 5.74) is 0.544. The Bertz CT molecular complexity index is 1170. The summed E-state index contributed by atoms with van der Waals surface area (Å²) in [6.07, 6.45) is 1.51. The van der Waals surface area contributed by atoms with E-state index in [0.717, 1.165) is 22.6 Å². The van der Waals surface area contributed by atoms with Gasteiger partial charge >= 0.3 is 6.03 Å². The molecule has 4 amide bonds. The lowest BCUT2D eigenvalue weighted by atomic mass is 9.64. The van der Waals surface area contributed by atoms with Crippen LogP contribution in [0, 0.1) is 21.4 Å². The van der Waals surface area contributed by atoms with Crippen LogP contribution in [0.3, 0.4) is 0 Å². The van der Waals surface area contributed by atoms with Crippen LogP contribution in [0.5, 0.6) is 0 Å². The van der Waals surface area contributed by atoms with Crippen molar-refractivity contribution in [3.05, 3.63) is 69.8 Å². The Morgan fingerprint density at radius 2 is 1.91 bits per heavy atom. The number of carbonyl (C=O) groups is 3. The maximum atomic E-state index is 14.0. The van der Waals surface area contributed by atoms with Gasteiger partial charge in [0.25, 0.3) is 5.69 Å². The van der Waals surface area contributed by atoms with Gasteiger partial charge in [0.05, 0.1) is 17.5 Å². The van der Waals surface area contributed by atoms with Crippen molar-refractivity contribution in [3.63, 3.8) is 0 Å². The molecule has 2 saturated heterocycles. The Morgan fingerprint density at radius 3 is 2.64 bits per heavy atom. The van der Waals surface area contributed by atoms with Gasteiger partial charge in [0, 0.05) is 30.8 Å². The number of anilines is 1. The molecule has 5 rings (SSSR count). The number of nitrogens with one attached hydrogen (secondary N) is 1. The fraction of sp³-hybridized carbons (Fsp3) is 0.375. The van der Waals surface area contributed by atoms with Crippen molar-refractivity contribution in [2.75, 3.05) is 11.4 Å². The predicted octanol–water partition coefficient (Wildman–Crippen LogP) is 3.02. The summed E-state index contributed by atoms with van der Waals surface area (Å²) in [6, 6.07) is 12.6. The van der Waals surface area contributed by atoms with Gasteiger partial charge in [-0.2, -0.15) is 0 Å². The van der Waals surface area contributed by atoms with Crippen molar-refractivity contribution in [1.82, 2.24) is 10.2 Å². The predicted molar refractivity (Wildman–Crippen MR) is 119 cm³/mol. The third-order valence-electron chi connectivity index (χ3n) is 7.17. The molecular weight excluding hydrogens is 424 g/mol. The molecule has 0 unspecified atom stereocenters. The minimum atomic E-state index is -1.53. The Kier molecular flexibility index (Phi) is 4.92. The number of carbonyl (C=O) groups excluding carboxylic acids is 3. The molecule has 9 nitrogen and oxygen atoms in total. The molecule has 0 aromatic heterocycles. The number of nitro groups is 1. The highest BCUT2D eigenvalue weighted by Gasteiger charge is 2.62. The zero-order valence-corrected chi connectivity index (χ0v) is 18.2. The van der Waals surface area contributed by atoms with E-state index in [1.807, 2.05) is 35.2 Å². The van der Waals surface area contributed by atoms with Crippen molar-refractivity contribution in [2.24, 2.45) is 11.3 Å². The minimum absolute atomic E-state index is 0.0150. The first kappa shape index (κ1) is 21.1. The van der Waals surface area contributed by atoms with E-state index >= 15 is 0 Å². The van der Waals surface area contributed by atoms with Crippen LogP contribution in [0.2, 0.25) is 0 Å². The molecule has 0 bridgehead atoms. The molecule has 3 atom stereocenters. The fourth-order valence-electron chi connectivity index (χ4n) is 5.49. The van der Waals surface area contributed by atoms with E-state index in [1.165, 1.54) is 12.1 Å². The highest BCUT2D eigenvalue weighted by atomic mass is 16.6. The Hall–Kier alpha value is -3.75. The number of barbiturate groups is 1. The lowest BCUT2D eigenvalue weighted by molar-refractivity contribution is -0.384. The van der Waals surface area contributed by atoms with Crippen LogP contribution in [0.15, 0.2) is 48.5 Å². The molecule has 0 saturated carbocycles. The number of hydrogen-bond donors (Lipinski definition) is 1. The molecule has 0 radical (unpaired) electrons. The second kappa shape index (κ2) is 7.68. The molecule has 170 valence electrons. The van der Waals surface area contributed by atoms with Crippen molar-refractivity contribution < 1.29 is 19.3 Å². The topological polar surface area (TPSA) is 113 Å². The van der Waals surface area contributed by atoms with Crippen LogP contribution < -0.4 is 10.2 Å². The number of non-ortho nitro benzene ring substituents is 1. The summed E-state index contributed by atoms with van der Waals surface area (Å²) in [5, 5.41) is 13.8. The Morgan fingerprint density at radius 1 is 1.15 bits per heavy atom. The lowest BCUT2D eigenvalue weighted by Crippen LogP contribution is -2.72. The van der Waals surface area contributed by atoms with Crippen LogP contribution in [0.25, 0.3) is 0 Å². The maximum absolute atomic E-state index is 14.0. The first-order valence-electron chi connectivity index (χ1n) is 11.1. The molecule has 1 N–H and O–H groups in total. The molecule has 3 aliphatic rings. The number of fused-ring (bicyclic) bond motifs is 4. The van der Waals surface area contributed by atoms with Crippen molar-refractivity contribution in [2.45, 2.75) is 38.8 Å². The molecule has 2 aromatic carbocycles. The van der Waals surface area contributed by atoms with Gasteiger partial charge in [-0.05, 0) is 36.0 Å². The molecular formula is C24H24N4O5. The largest absolute Gasteiger partial charge is 0.367 e. The summed E-state index contributed by atoms with van der Waals surface area (Å²) in [7, 11) is 0. The van der Waals surface area contributed by atoms with Crippen LogP contribution in [0.4, 0.5) is 16.2 Å². The van der Waals surface area contributed by atoms with Gasteiger partial charge in [0.15, 0.2) is 5.41 Å². The first-order chi connectivity index (χ1) is 15.8.